The average molecular weight is 606 g/mol. The van der Waals surface area contributed by atoms with Crippen molar-refractivity contribution in [1.29, 1.82) is 0 Å². The number of aromatic nitrogens is 3. The molecule has 2 aromatic heterocycles. The van der Waals surface area contributed by atoms with Gasteiger partial charge in [-0.2, -0.15) is 9.78 Å². The first-order chi connectivity index (χ1) is 20.2. The third kappa shape index (κ3) is 8.05. The molecule has 2 heterocycles. The highest BCUT2D eigenvalue weighted by Crippen LogP contribution is 2.35. The molecule has 0 fully saturated rings. The van der Waals surface area contributed by atoms with Gasteiger partial charge in [-0.1, -0.05) is 44.5 Å². The van der Waals surface area contributed by atoms with E-state index in [0.29, 0.717) is 17.8 Å². The molecule has 0 spiro atoms. The molecule has 0 aliphatic rings. The average Bonchev–Trinajstić information content (AvgIpc) is 3.25. The SMILES string of the molecule is Cc1ccc(-n2nc(C(=O)O)c(C)c2Oc2ccc(NC(=O)CC(C)(C)C)cc2S(=O)(=O)NCCc2ccccn2)cc1. The number of nitrogens with one attached hydrogen (secondary N) is 2. The van der Waals surface area contributed by atoms with Crippen LogP contribution in [0.15, 0.2) is 71.8 Å². The summed E-state index contributed by atoms with van der Waals surface area (Å²) in [5.74, 6) is -1.57. The Bertz CT molecular complexity index is 1730. The van der Waals surface area contributed by atoms with Crippen molar-refractivity contribution in [3.05, 3.63) is 89.4 Å². The number of hydrogen-bond acceptors (Lipinski definition) is 7. The van der Waals surface area contributed by atoms with Crippen molar-refractivity contribution in [2.45, 2.75) is 52.4 Å². The Kier molecular flexibility index (Phi) is 9.31. The number of aromatic carboxylic acids is 1. The number of carbonyl (C=O) groups is 2. The Morgan fingerprint density at radius 2 is 1.74 bits per heavy atom. The normalized spacial score (nSPS) is 11.7. The van der Waals surface area contributed by atoms with E-state index in [1.54, 1.807) is 30.5 Å². The summed E-state index contributed by atoms with van der Waals surface area (Å²) in [7, 11) is -4.18. The van der Waals surface area contributed by atoms with Gasteiger partial charge in [0, 0.05) is 42.5 Å². The standard InChI is InChI=1S/C31H35N5O6S/c1-20-9-12-24(13-10-20)36-29(21(2)28(35-36)30(38)39)42-25-14-11-23(34-27(37)19-31(3,4)5)18-26(25)43(40,41)33-17-15-22-8-6-7-16-32-22/h6-14,16,18,33H,15,17,19H2,1-5H3,(H,34,37)(H,38,39). The molecule has 4 rings (SSSR count). The van der Waals surface area contributed by atoms with Crippen molar-refractivity contribution in [2.75, 3.05) is 11.9 Å². The van der Waals surface area contributed by atoms with E-state index in [2.05, 4.69) is 20.1 Å². The zero-order valence-electron chi connectivity index (χ0n) is 24.7. The second-order valence-electron chi connectivity index (χ2n) is 11.3. The number of aryl methyl sites for hydroxylation is 1. The monoisotopic (exact) mass is 605 g/mol. The highest BCUT2D eigenvalue weighted by atomic mass is 32.2. The summed E-state index contributed by atoms with van der Waals surface area (Å²) in [4.78, 5) is 28.6. The van der Waals surface area contributed by atoms with Gasteiger partial charge in [-0.25, -0.2) is 17.9 Å². The molecule has 2 aromatic carbocycles. The van der Waals surface area contributed by atoms with Crippen molar-refractivity contribution in [2.24, 2.45) is 5.41 Å². The third-order valence-electron chi connectivity index (χ3n) is 6.36. The second-order valence-corrected chi connectivity index (χ2v) is 13.1. The van der Waals surface area contributed by atoms with Crippen LogP contribution < -0.4 is 14.8 Å². The topological polar surface area (TPSA) is 153 Å². The lowest BCUT2D eigenvalue weighted by molar-refractivity contribution is -0.117. The Labute approximate surface area is 251 Å². The van der Waals surface area contributed by atoms with Gasteiger partial charge in [0.05, 0.1) is 5.69 Å². The molecule has 12 heteroatoms. The molecule has 11 nitrogen and oxygen atoms in total. The van der Waals surface area contributed by atoms with Gasteiger partial charge in [0.1, 0.15) is 10.6 Å². The number of carboxylic acids is 1. The summed E-state index contributed by atoms with van der Waals surface area (Å²) >= 11 is 0. The minimum absolute atomic E-state index is 0.0377. The van der Waals surface area contributed by atoms with Crippen LogP contribution in [0.4, 0.5) is 5.69 Å². The van der Waals surface area contributed by atoms with Gasteiger partial charge in [0.15, 0.2) is 5.69 Å². The van der Waals surface area contributed by atoms with Crippen LogP contribution in [0.5, 0.6) is 11.6 Å². The quantitative estimate of drug-likeness (QED) is 0.209. The molecule has 0 unspecified atom stereocenters. The van der Waals surface area contributed by atoms with Crippen LogP contribution in [0.1, 0.15) is 54.5 Å². The van der Waals surface area contributed by atoms with E-state index in [-0.39, 0.29) is 57.8 Å². The lowest BCUT2D eigenvalue weighted by atomic mass is 9.92. The number of sulfonamides is 1. The van der Waals surface area contributed by atoms with Crippen molar-refractivity contribution >= 4 is 27.6 Å². The number of carbonyl (C=O) groups excluding carboxylic acids is 1. The fourth-order valence-electron chi connectivity index (χ4n) is 4.27. The molecular formula is C31H35N5O6S. The summed E-state index contributed by atoms with van der Waals surface area (Å²) in [6.07, 6.45) is 2.20. The van der Waals surface area contributed by atoms with Gasteiger partial charge in [-0.05, 0) is 61.7 Å². The van der Waals surface area contributed by atoms with E-state index >= 15 is 0 Å². The van der Waals surface area contributed by atoms with Gasteiger partial charge < -0.3 is 15.2 Å². The van der Waals surface area contributed by atoms with Gasteiger partial charge >= 0.3 is 5.97 Å². The first-order valence-corrected chi connectivity index (χ1v) is 15.1. The molecule has 0 aliphatic heterocycles. The highest BCUT2D eigenvalue weighted by Gasteiger charge is 2.27. The molecule has 1 amide bonds. The first kappa shape index (κ1) is 31.4. The summed E-state index contributed by atoms with van der Waals surface area (Å²) in [6, 6.07) is 16.8. The van der Waals surface area contributed by atoms with Crippen LogP contribution in [0.3, 0.4) is 0 Å². The van der Waals surface area contributed by atoms with E-state index in [0.717, 1.165) is 5.56 Å². The number of anilines is 1. The van der Waals surface area contributed by atoms with Crippen LogP contribution in [0.2, 0.25) is 0 Å². The number of carboxylic acid groups (broad SMARTS) is 1. The van der Waals surface area contributed by atoms with Gasteiger partial charge in [0.25, 0.3) is 0 Å². The number of benzene rings is 2. The molecule has 3 N–H and O–H groups in total. The predicted octanol–water partition coefficient (Wildman–Crippen LogP) is 5.27. The van der Waals surface area contributed by atoms with E-state index in [1.807, 2.05) is 45.9 Å². The number of pyridine rings is 1. The van der Waals surface area contributed by atoms with Crippen LogP contribution in [-0.2, 0) is 21.2 Å². The summed E-state index contributed by atoms with van der Waals surface area (Å²) in [5, 5.41) is 16.8. The van der Waals surface area contributed by atoms with Crippen molar-refractivity contribution < 1.29 is 27.9 Å². The largest absolute Gasteiger partial charge is 0.476 e. The first-order valence-electron chi connectivity index (χ1n) is 13.6. The predicted molar refractivity (Wildman–Crippen MR) is 162 cm³/mol. The lowest BCUT2D eigenvalue weighted by Crippen LogP contribution is -2.27. The number of rotatable bonds is 11. The number of ether oxygens (including phenoxy) is 1. The maximum atomic E-state index is 13.7. The van der Waals surface area contributed by atoms with E-state index < -0.39 is 16.0 Å². The molecule has 0 bridgehead atoms. The van der Waals surface area contributed by atoms with Crippen LogP contribution >= 0.6 is 0 Å². The smallest absolute Gasteiger partial charge is 0.356 e. The van der Waals surface area contributed by atoms with E-state index in [9.17, 15) is 23.1 Å². The van der Waals surface area contributed by atoms with Crippen LogP contribution in [-0.4, -0.2) is 46.7 Å². The minimum Gasteiger partial charge on any atom is -0.476 e. The van der Waals surface area contributed by atoms with E-state index in [4.69, 9.17) is 4.74 Å². The highest BCUT2D eigenvalue weighted by molar-refractivity contribution is 7.89. The minimum atomic E-state index is -4.18. The van der Waals surface area contributed by atoms with Crippen molar-refractivity contribution in [3.8, 4) is 17.3 Å². The van der Waals surface area contributed by atoms with Gasteiger partial charge in [-0.3, -0.25) is 9.78 Å². The second kappa shape index (κ2) is 12.8. The number of amides is 1. The Balaban J connectivity index is 1.74. The van der Waals surface area contributed by atoms with Gasteiger partial charge in [0.2, 0.25) is 21.8 Å². The fourth-order valence-corrected chi connectivity index (χ4v) is 5.46. The van der Waals surface area contributed by atoms with Gasteiger partial charge in [-0.15, -0.1) is 0 Å². The molecule has 0 saturated heterocycles. The van der Waals surface area contributed by atoms with Crippen molar-refractivity contribution in [1.82, 2.24) is 19.5 Å². The van der Waals surface area contributed by atoms with Crippen molar-refractivity contribution in [3.63, 3.8) is 0 Å². The molecule has 0 radical (unpaired) electrons. The molecular weight excluding hydrogens is 570 g/mol. The Morgan fingerprint density at radius 3 is 2.37 bits per heavy atom. The van der Waals surface area contributed by atoms with Crippen LogP contribution in [0.25, 0.3) is 5.69 Å². The maximum absolute atomic E-state index is 13.7. The van der Waals surface area contributed by atoms with E-state index in [1.165, 1.54) is 29.8 Å². The summed E-state index contributed by atoms with van der Waals surface area (Å²) in [5.41, 5.74) is 2.19. The molecule has 0 saturated carbocycles. The lowest BCUT2D eigenvalue weighted by Gasteiger charge is -2.18. The number of hydrogen-bond donors (Lipinski definition) is 3. The maximum Gasteiger partial charge on any atom is 0.356 e. The molecule has 4 aromatic rings. The summed E-state index contributed by atoms with van der Waals surface area (Å²) < 4.78 is 37.4. The zero-order valence-corrected chi connectivity index (χ0v) is 25.5. The molecule has 226 valence electrons. The Hall–Kier alpha value is -4.55. The number of nitrogens with zero attached hydrogens (tertiary/aromatic N) is 3. The fraction of sp³-hybridized carbons (Fsp3) is 0.290. The molecule has 43 heavy (non-hydrogen) atoms. The van der Waals surface area contributed by atoms with Crippen LogP contribution in [0, 0.1) is 19.3 Å². The Morgan fingerprint density at radius 1 is 1.02 bits per heavy atom. The molecule has 0 aliphatic carbocycles. The zero-order chi connectivity index (χ0) is 31.4. The molecule has 0 atom stereocenters. The summed E-state index contributed by atoms with van der Waals surface area (Å²) in [6.45, 7) is 9.29. The third-order valence-corrected chi connectivity index (χ3v) is 7.85.